The maximum absolute atomic E-state index is 13.8. The topological polar surface area (TPSA) is 124 Å². The largest absolute Gasteiger partial charge is 0.497 e. The molecule has 5 rings (SSSR count). The molecule has 14 heteroatoms. The van der Waals surface area contributed by atoms with Crippen LogP contribution in [0.3, 0.4) is 0 Å². The minimum absolute atomic E-state index is 0.0511. The van der Waals surface area contributed by atoms with E-state index in [1.165, 1.54) is 0 Å². The molecule has 11 nitrogen and oxygen atoms in total. The Morgan fingerprint density at radius 2 is 1.70 bits per heavy atom. The first kappa shape index (κ1) is 31.3. The molecular formula is C29H34F3N7O4. The number of carbonyl (C=O) groups is 2. The zero-order valence-electron chi connectivity index (χ0n) is 24.1. The van der Waals surface area contributed by atoms with Crippen LogP contribution in [0.15, 0.2) is 55.0 Å². The number of hydrogen-bond donors (Lipinski definition) is 2. The highest BCUT2D eigenvalue weighted by molar-refractivity contribution is 6.06. The average molecular weight is 602 g/mol. The minimum Gasteiger partial charge on any atom is -0.497 e. The number of aromatic nitrogens is 3. The molecule has 0 aliphatic carbocycles. The van der Waals surface area contributed by atoms with Gasteiger partial charge in [-0.05, 0) is 42.2 Å². The molecule has 230 valence electrons. The zero-order chi connectivity index (χ0) is 31.1. The number of nitrogens with zero attached hydrogens (tertiary/aromatic N) is 6. The molecule has 1 atom stereocenters. The standard InChI is InChI=1S/C27H33N7O2.C2HF3O2/c1-19(2)16-22-27(35)34(17-20-7-9-21(36-3)10-8-20)24-25(31-22)29-18-30-26(24)33-14-12-32(13-15-33)23-6-4-5-11-28-23;3-2(4,5)1(6)7/h4-11,18-19,22H,12-17H2,1-3H3,(H,29,30,31);(H,6,7). The Bertz CT molecular complexity index is 1380. The first-order valence-electron chi connectivity index (χ1n) is 13.7. The van der Waals surface area contributed by atoms with E-state index in [1.54, 1.807) is 13.4 Å². The number of amides is 1. The van der Waals surface area contributed by atoms with Crippen LogP contribution in [0.5, 0.6) is 5.75 Å². The Hall–Kier alpha value is -4.62. The van der Waals surface area contributed by atoms with Crippen molar-refractivity contribution >= 4 is 35.0 Å². The van der Waals surface area contributed by atoms with Crippen molar-refractivity contribution in [3.05, 3.63) is 60.6 Å². The lowest BCUT2D eigenvalue weighted by Gasteiger charge is -2.40. The van der Waals surface area contributed by atoms with Crippen LogP contribution in [-0.4, -0.2) is 77.4 Å². The van der Waals surface area contributed by atoms with Gasteiger partial charge in [0.2, 0.25) is 5.91 Å². The molecule has 3 aromatic rings. The van der Waals surface area contributed by atoms with Crippen LogP contribution in [0.1, 0.15) is 25.8 Å². The van der Waals surface area contributed by atoms with Crippen molar-refractivity contribution in [2.75, 3.05) is 53.3 Å². The van der Waals surface area contributed by atoms with Gasteiger partial charge in [-0.2, -0.15) is 13.2 Å². The summed E-state index contributed by atoms with van der Waals surface area (Å²) in [5.41, 5.74) is 1.78. The second-order valence-corrected chi connectivity index (χ2v) is 10.5. The number of nitrogens with one attached hydrogen (secondary N) is 1. The maximum Gasteiger partial charge on any atom is 0.490 e. The van der Waals surface area contributed by atoms with Crippen LogP contribution >= 0.6 is 0 Å². The summed E-state index contributed by atoms with van der Waals surface area (Å²) in [7, 11) is 1.65. The summed E-state index contributed by atoms with van der Waals surface area (Å²) in [6.07, 6.45) is -0.927. The Kier molecular flexibility index (Phi) is 9.88. The third-order valence-electron chi connectivity index (χ3n) is 6.95. The predicted octanol–water partition coefficient (Wildman–Crippen LogP) is 4.21. The number of pyridine rings is 1. The van der Waals surface area contributed by atoms with E-state index in [9.17, 15) is 18.0 Å². The lowest BCUT2D eigenvalue weighted by Crippen LogP contribution is -2.50. The van der Waals surface area contributed by atoms with Gasteiger partial charge in [0.05, 0.1) is 13.7 Å². The van der Waals surface area contributed by atoms with E-state index in [4.69, 9.17) is 14.6 Å². The Morgan fingerprint density at radius 3 is 2.26 bits per heavy atom. The molecule has 1 aromatic carbocycles. The Labute approximate surface area is 247 Å². The quantitative estimate of drug-likeness (QED) is 0.407. The van der Waals surface area contributed by atoms with E-state index in [1.807, 2.05) is 53.6 Å². The molecule has 0 saturated carbocycles. The first-order valence-corrected chi connectivity index (χ1v) is 13.7. The maximum atomic E-state index is 13.8. The number of methoxy groups -OCH3 is 1. The molecule has 0 radical (unpaired) electrons. The lowest BCUT2D eigenvalue weighted by molar-refractivity contribution is -0.192. The molecule has 1 amide bonds. The summed E-state index contributed by atoms with van der Waals surface area (Å²) in [5.74, 6) is 0.943. The molecule has 2 aromatic heterocycles. The van der Waals surface area contributed by atoms with Crippen molar-refractivity contribution in [3.63, 3.8) is 0 Å². The van der Waals surface area contributed by atoms with Gasteiger partial charge in [-0.25, -0.2) is 19.7 Å². The van der Waals surface area contributed by atoms with E-state index >= 15 is 0 Å². The van der Waals surface area contributed by atoms with Crippen LogP contribution < -0.4 is 24.8 Å². The highest BCUT2D eigenvalue weighted by atomic mass is 19.4. The number of anilines is 4. The number of piperazine rings is 1. The van der Waals surface area contributed by atoms with Crippen molar-refractivity contribution in [2.24, 2.45) is 5.92 Å². The van der Waals surface area contributed by atoms with Crippen molar-refractivity contribution in [1.29, 1.82) is 0 Å². The summed E-state index contributed by atoms with van der Waals surface area (Å²) in [4.78, 5) is 42.8. The molecule has 1 unspecified atom stereocenters. The minimum atomic E-state index is -5.08. The van der Waals surface area contributed by atoms with Crippen LogP contribution in [0.25, 0.3) is 0 Å². The van der Waals surface area contributed by atoms with E-state index in [0.717, 1.165) is 61.2 Å². The van der Waals surface area contributed by atoms with Gasteiger partial charge in [-0.3, -0.25) is 9.69 Å². The number of hydrogen-bond acceptors (Lipinski definition) is 9. The third kappa shape index (κ3) is 7.81. The third-order valence-corrected chi connectivity index (χ3v) is 6.95. The summed E-state index contributed by atoms with van der Waals surface area (Å²) >= 11 is 0. The van der Waals surface area contributed by atoms with E-state index < -0.39 is 12.1 Å². The molecular weight excluding hydrogens is 567 g/mol. The molecule has 1 fully saturated rings. The zero-order valence-corrected chi connectivity index (χ0v) is 24.1. The van der Waals surface area contributed by atoms with Crippen molar-refractivity contribution < 1.29 is 32.6 Å². The number of carbonyl (C=O) groups excluding carboxylic acids is 1. The number of carboxylic acid groups (broad SMARTS) is 1. The number of rotatable bonds is 7. The van der Waals surface area contributed by atoms with Gasteiger partial charge in [0, 0.05) is 32.4 Å². The molecule has 43 heavy (non-hydrogen) atoms. The van der Waals surface area contributed by atoms with Gasteiger partial charge in [0.1, 0.15) is 29.6 Å². The monoisotopic (exact) mass is 601 g/mol. The highest BCUT2D eigenvalue weighted by Gasteiger charge is 2.39. The molecule has 2 aliphatic heterocycles. The Balaban J connectivity index is 0.000000541. The predicted molar refractivity (Wildman–Crippen MR) is 155 cm³/mol. The SMILES string of the molecule is COc1ccc(CN2C(=O)C(CC(C)C)Nc3ncnc(N4CCN(c5ccccn5)CC4)c32)cc1.O=C(O)C(F)(F)F. The second kappa shape index (κ2) is 13.6. The summed E-state index contributed by atoms with van der Waals surface area (Å²) < 4.78 is 37.0. The fourth-order valence-electron chi connectivity index (χ4n) is 4.87. The number of aliphatic carboxylic acids is 1. The number of benzene rings is 1. The Morgan fingerprint density at radius 1 is 1.05 bits per heavy atom. The van der Waals surface area contributed by atoms with Crippen LogP contribution in [0.4, 0.5) is 36.3 Å². The molecule has 2 aliphatic rings. The number of halogens is 3. The van der Waals surface area contributed by atoms with Gasteiger partial charge in [-0.15, -0.1) is 0 Å². The van der Waals surface area contributed by atoms with E-state index in [-0.39, 0.29) is 11.9 Å². The van der Waals surface area contributed by atoms with Crippen LogP contribution in [-0.2, 0) is 16.1 Å². The average Bonchev–Trinajstić information content (AvgIpc) is 2.99. The van der Waals surface area contributed by atoms with Gasteiger partial charge >= 0.3 is 12.1 Å². The van der Waals surface area contributed by atoms with Crippen LogP contribution in [0.2, 0.25) is 0 Å². The number of carboxylic acids is 1. The summed E-state index contributed by atoms with van der Waals surface area (Å²) in [5, 5.41) is 10.5. The van der Waals surface area contributed by atoms with Gasteiger partial charge < -0.3 is 25.0 Å². The van der Waals surface area contributed by atoms with Crippen LogP contribution in [0, 0.1) is 5.92 Å². The number of ether oxygens (including phenoxy) is 1. The number of fused-ring (bicyclic) bond motifs is 1. The van der Waals surface area contributed by atoms with Gasteiger partial charge in [-0.1, -0.05) is 32.0 Å². The lowest BCUT2D eigenvalue weighted by atomic mass is 10.00. The molecule has 1 saturated heterocycles. The van der Waals surface area contributed by atoms with Crippen molar-refractivity contribution in [2.45, 2.75) is 39.0 Å². The fraction of sp³-hybridized carbons (Fsp3) is 0.414. The number of alkyl halides is 3. The van der Waals surface area contributed by atoms with Gasteiger partial charge in [0.15, 0.2) is 11.6 Å². The molecule has 0 bridgehead atoms. The first-order chi connectivity index (χ1) is 20.5. The highest BCUT2D eigenvalue weighted by Crippen LogP contribution is 2.39. The van der Waals surface area contributed by atoms with E-state index in [2.05, 4.69) is 43.9 Å². The molecule has 4 heterocycles. The van der Waals surface area contributed by atoms with E-state index in [0.29, 0.717) is 18.3 Å². The second-order valence-electron chi connectivity index (χ2n) is 10.5. The van der Waals surface area contributed by atoms with Crippen molar-refractivity contribution in [3.8, 4) is 5.75 Å². The fourth-order valence-corrected chi connectivity index (χ4v) is 4.87. The molecule has 2 N–H and O–H groups in total. The smallest absolute Gasteiger partial charge is 0.490 e. The molecule has 0 spiro atoms. The normalized spacial score (nSPS) is 16.7. The van der Waals surface area contributed by atoms with Gasteiger partial charge in [0.25, 0.3) is 0 Å². The summed E-state index contributed by atoms with van der Waals surface area (Å²) in [6, 6.07) is 13.5. The summed E-state index contributed by atoms with van der Waals surface area (Å²) in [6.45, 7) is 7.91. The van der Waals surface area contributed by atoms with Crippen molar-refractivity contribution in [1.82, 2.24) is 15.0 Å².